The highest BCUT2D eigenvalue weighted by atomic mass is 16.6. The maximum absolute atomic E-state index is 12.3. The van der Waals surface area contributed by atoms with Gasteiger partial charge in [0.15, 0.2) is 5.76 Å². The zero-order valence-electron chi connectivity index (χ0n) is 13.0. The summed E-state index contributed by atoms with van der Waals surface area (Å²) in [6.07, 6.45) is 0. The van der Waals surface area contributed by atoms with Gasteiger partial charge in [0, 0.05) is 12.7 Å². The second kappa shape index (κ2) is 5.63. The van der Waals surface area contributed by atoms with E-state index >= 15 is 0 Å². The number of nitrogens with zero attached hydrogens (tertiary/aromatic N) is 2. The van der Waals surface area contributed by atoms with Crippen molar-refractivity contribution in [2.75, 3.05) is 11.9 Å². The highest BCUT2D eigenvalue weighted by Crippen LogP contribution is 2.25. The van der Waals surface area contributed by atoms with Crippen LogP contribution in [0.4, 0.5) is 11.6 Å². The molecule has 0 fully saturated rings. The second-order valence-corrected chi connectivity index (χ2v) is 6.06. The number of carbonyl (C=O) groups is 1. The lowest BCUT2D eigenvalue weighted by Crippen LogP contribution is -2.25. The van der Waals surface area contributed by atoms with Gasteiger partial charge < -0.3 is 9.32 Å². The minimum Gasteiger partial charge on any atom is -0.395 e. The van der Waals surface area contributed by atoms with E-state index in [-0.39, 0.29) is 11.2 Å². The molecule has 2 rings (SSSR count). The SMILES string of the molecule is CN(C(=O)c1ccc([N+](=O)[O-])o1)c1ccc(C(C)(C)C)cc1. The molecule has 6 heteroatoms. The van der Waals surface area contributed by atoms with E-state index in [4.69, 9.17) is 4.42 Å². The molecule has 0 aliphatic rings. The lowest BCUT2D eigenvalue weighted by atomic mass is 9.87. The predicted octanol–water partition coefficient (Wildman–Crippen LogP) is 3.76. The summed E-state index contributed by atoms with van der Waals surface area (Å²) in [5, 5.41) is 10.6. The van der Waals surface area contributed by atoms with Gasteiger partial charge in [0.1, 0.15) is 4.92 Å². The Morgan fingerprint density at radius 3 is 2.18 bits per heavy atom. The van der Waals surface area contributed by atoms with Crippen LogP contribution in [0, 0.1) is 10.1 Å². The van der Waals surface area contributed by atoms with Crippen molar-refractivity contribution >= 4 is 17.5 Å². The van der Waals surface area contributed by atoms with Gasteiger partial charge in [0.05, 0.1) is 6.07 Å². The number of furan rings is 1. The number of carbonyl (C=O) groups excluding carboxylic acids is 1. The number of anilines is 1. The van der Waals surface area contributed by atoms with Gasteiger partial charge in [-0.25, -0.2) is 0 Å². The third-order valence-corrected chi connectivity index (χ3v) is 3.41. The standard InChI is InChI=1S/C16H18N2O4/c1-16(2,3)11-5-7-12(8-6-11)17(4)15(19)13-9-10-14(22-13)18(20)21/h5-10H,1-4H3. The average molecular weight is 302 g/mol. The van der Waals surface area contributed by atoms with Crippen molar-refractivity contribution in [3.8, 4) is 0 Å². The fourth-order valence-corrected chi connectivity index (χ4v) is 2.01. The monoisotopic (exact) mass is 302 g/mol. The maximum atomic E-state index is 12.3. The molecular weight excluding hydrogens is 284 g/mol. The molecule has 0 saturated carbocycles. The number of hydrogen-bond donors (Lipinski definition) is 0. The van der Waals surface area contributed by atoms with E-state index in [2.05, 4.69) is 20.8 Å². The summed E-state index contributed by atoms with van der Waals surface area (Å²) < 4.78 is 4.94. The Kier molecular flexibility index (Phi) is 4.03. The highest BCUT2D eigenvalue weighted by molar-refractivity contribution is 6.03. The molecule has 0 unspecified atom stereocenters. The molecule has 0 N–H and O–H groups in total. The van der Waals surface area contributed by atoms with Gasteiger partial charge in [-0.3, -0.25) is 14.9 Å². The van der Waals surface area contributed by atoms with E-state index < -0.39 is 16.7 Å². The van der Waals surface area contributed by atoms with E-state index in [0.717, 1.165) is 5.56 Å². The van der Waals surface area contributed by atoms with Crippen molar-refractivity contribution < 1.29 is 14.1 Å². The van der Waals surface area contributed by atoms with Crippen molar-refractivity contribution in [2.45, 2.75) is 26.2 Å². The maximum Gasteiger partial charge on any atom is 0.433 e. The van der Waals surface area contributed by atoms with Gasteiger partial charge in [0.25, 0.3) is 5.91 Å². The summed E-state index contributed by atoms with van der Waals surface area (Å²) in [5.41, 5.74) is 1.88. The van der Waals surface area contributed by atoms with Gasteiger partial charge in [-0.2, -0.15) is 0 Å². The van der Waals surface area contributed by atoms with E-state index in [1.165, 1.54) is 17.0 Å². The van der Waals surface area contributed by atoms with Crippen LogP contribution in [-0.2, 0) is 5.41 Å². The predicted molar refractivity (Wildman–Crippen MR) is 83.2 cm³/mol. The number of benzene rings is 1. The molecule has 22 heavy (non-hydrogen) atoms. The largest absolute Gasteiger partial charge is 0.433 e. The van der Waals surface area contributed by atoms with Gasteiger partial charge >= 0.3 is 5.88 Å². The Balaban J connectivity index is 2.21. The topological polar surface area (TPSA) is 76.6 Å². The molecular formula is C16H18N2O4. The Morgan fingerprint density at radius 1 is 1.14 bits per heavy atom. The van der Waals surface area contributed by atoms with E-state index in [0.29, 0.717) is 5.69 Å². The fourth-order valence-electron chi connectivity index (χ4n) is 2.01. The van der Waals surface area contributed by atoms with E-state index in [1.807, 2.05) is 24.3 Å². The van der Waals surface area contributed by atoms with Gasteiger partial charge in [-0.1, -0.05) is 32.9 Å². The molecule has 2 aromatic rings. The number of nitro groups is 1. The normalized spacial score (nSPS) is 11.3. The Labute approximate surface area is 128 Å². The van der Waals surface area contributed by atoms with Crippen molar-refractivity contribution in [2.24, 2.45) is 0 Å². The summed E-state index contributed by atoms with van der Waals surface area (Å²) in [6, 6.07) is 10.1. The molecule has 0 aliphatic carbocycles. The third-order valence-electron chi connectivity index (χ3n) is 3.41. The van der Waals surface area contributed by atoms with E-state index in [9.17, 15) is 14.9 Å². The van der Waals surface area contributed by atoms with E-state index in [1.54, 1.807) is 7.05 Å². The third kappa shape index (κ3) is 3.16. The van der Waals surface area contributed by atoms with Gasteiger partial charge in [-0.15, -0.1) is 0 Å². The van der Waals surface area contributed by atoms with Gasteiger partial charge in [-0.05, 0) is 29.2 Å². The van der Waals surface area contributed by atoms with Gasteiger partial charge in [0.2, 0.25) is 0 Å². The molecule has 1 heterocycles. The molecule has 1 aromatic heterocycles. The van der Waals surface area contributed by atoms with Crippen LogP contribution in [0.1, 0.15) is 36.9 Å². The minimum absolute atomic E-state index is 0.0305. The zero-order chi connectivity index (χ0) is 16.5. The quantitative estimate of drug-likeness (QED) is 0.639. The molecule has 0 atom stereocenters. The highest BCUT2D eigenvalue weighted by Gasteiger charge is 2.21. The molecule has 0 bridgehead atoms. The zero-order valence-corrected chi connectivity index (χ0v) is 13.0. The first-order chi connectivity index (χ1) is 10.2. The lowest BCUT2D eigenvalue weighted by molar-refractivity contribution is -0.402. The molecule has 1 aromatic carbocycles. The first-order valence-electron chi connectivity index (χ1n) is 6.83. The molecule has 1 amide bonds. The number of amides is 1. The van der Waals surface area contributed by atoms with Crippen molar-refractivity contribution in [1.29, 1.82) is 0 Å². The summed E-state index contributed by atoms with van der Waals surface area (Å²) >= 11 is 0. The van der Waals surface area contributed by atoms with Crippen LogP contribution in [0.3, 0.4) is 0 Å². The van der Waals surface area contributed by atoms with Crippen molar-refractivity contribution in [3.05, 3.63) is 57.8 Å². The minimum atomic E-state index is -0.672. The molecule has 0 saturated heterocycles. The Bertz CT molecular complexity index is 696. The summed E-state index contributed by atoms with van der Waals surface area (Å²) in [7, 11) is 1.60. The molecule has 6 nitrogen and oxygen atoms in total. The van der Waals surface area contributed by atoms with Crippen LogP contribution in [-0.4, -0.2) is 17.9 Å². The molecule has 0 aliphatic heterocycles. The molecule has 0 radical (unpaired) electrons. The van der Waals surface area contributed by atoms with Crippen LogP contribution in [0.15, 0.2) is 40.8 Å². The molecule has 116 valence electrons. The Morgan fingerprint density at radius 2 is 1.73 bits per heavy atom. The van der Waals surface area contributed by atoms with Crippen molar-refractivity contribution in [1.82, 2.24) is 0 Å². The summed E-state index contributed by atoms with van der Waals surface area (Å²) in [4.78, 5) is 23.6. The first kappa shape index (κ1) is 15.8. The number of hydrogen-bond acceptors (Lipinski definition) is 4. The summed E-state index contributed by atoms with van der Waals surface area (Å²) in [6.45, 7) is 6.33. The van der Waals surface area contributed by atoms with Crippen LogP contribution in [0.2, 0.25) is 0 Å². The number of rotatable bonds is 3. The van der Waals surface area contributed by atoms with Crippen molar-refractivity contribution in [3.63, 3.8) is 0 Å². The average Bonchev–Trinajstić information content (AvgIpc) is 2.95. The second-order valence-electron chi connectivity index (χ2n) is 6.06. The lowest BCUT2D eigenvalue weighted by Gasteiger charge is -2.21. The van der Waals surface area contributed by atoms with Crippen LogP contribution >= 0.6 is 0 Å². The molecule has 0 spiro atoms. The Hall–Kier alpha value is -2.63. The van der Waals surface area contributed by atoms with Crippen LogP contribution in [0.5, 0.6) is 0 Å². The summed E-state index contributed by atoms with van der Waals surface area (Å²) in [5.74, 6) is -0.939. The smallest absolute Gasteiger partial charge is 0.395 e. The first-order valence-corrected chi connectivity index (χ1v) is 6.83. The van der Waals surface area contributed by atoms with Crippen LogP contribution < -0.4 is 4.90 Å². The fraction of sp³-hybridized carbons (Fsp3) is 0.312. The van der Waals surface area contributed by atoms with Crippen LogP contribution in [0.25, 0.3) is 0 Å².